The lowest BCUT2D eigenvalue weighted by atomic mass is 10.1. The predicted octanol–water partition coefficient (Wildman–Crippen LogP) is 0.896. The van der Waals surface area contributed by atoms with Gasteiger partial charge in [0.1, 0.15) is 11.9 Å². The second-order valence-corrected chi connectivity index (χ2v) is 7.72. The number of nitrogens with zero attached hydrogens (tertiary/aromatic N) is 2. The topological polar surface area (TPSA) is 136 Å². The van der Waals surface area contributed by atoms with Crippen LogP contribution in [-0.4, -0.2) is 43.8 Å². The summed E-state index contributed by atoms with van der Waals surface area (Å²) in [5, 5.41) is 18.9. The number of nitrogens with one attached hydrogen (secondary N) is 2. The zero-order valence-electron chi connectivity index (χ0n) is 14.6. The minimum atomic E-state index is -3.67. The van der Waals surface area contributed by atoms with Crippen molar-refractivity contribution >= 4 is 27.6 Å². The summed E-state index contributed by atoms with van der Waals surface area (Å²) < 4.78 is 27.8. The van der Waals surface area contributed by atoms with Gasteiger partial charge in [0.25, 0.3) is 5.91 Å². The molecule has 10 heteroatoms. The molecule has 1 aromatic heterocycles. The first-order chi connectivity index (χ1) is 12.9. The van der Waals surface area contributed by atoms with Crippen LogP contribution in [0.5, 0.6) is 0 Å². The Morgan fingerprint density at radius 2 is 1.85 bits per heavy atom. The van der Waals surface area contributed by atoms with Crippen molar-refractivity contribution in [3.63, 3.8) is 0 Å². The molecule has 27 heavy (non-hydrogen) atoms. The summed E-state index contributed by atoms with van der Waals surface area (Å²) in [7, 11) is -3.67. The number of hydrogen-bond acceptors (Lipinski definition) is 7. The average molecular weight is 391 g/mol. The lowest BCUT2D eigenvalue weighted by molar-refractivity contribution is -0.124. The molecule has 9 nitrogen and oxygen atoms in total. The highest BCUT2D eigenvalue weighted by molar-refractivity contribution is 7.89. The van der Waals surface area contributed by atoms with E-state index in [-0.39, 0.29) is 10.8 Å². The Kier molecular flexibility index (Phi) is 5.99. The SMILES string of the molecule is NS(=O)(=O)c1ccc(CCNc2ccc(NC(=O)C3CCCO3)nn2)cc1. The maximum absolute atomic E-state index is 11.9. The number of primary sulfonamides is 1. The summed E-state index contributed by atoms with van der Waals surface area (Å²) in [6.07, 6.45) is 1.86. The summed E-state index contributed by atoms with van der Waals surface area (Å²) in [4.78, 5) is 12.0. The fourth-order valence-electron chi connectivity index (χ4n) is 2.67. The Balaban J connectivity index is 1.46. The van der Waals surface area contributed by atoms with Gasteiger partial charge in [-0.15, -0.1) is 10.2 Å². The summed E-state index contributed by atoms with van der Waals surface area (Å²) in [6, 6.07) is 9.80. The summed E-state index contributed by atoms with van der Waals surface area (Å²) in [5.74, 6) is 0.747. The van der Waals surface area contributed by atoms with Crippen molar-refractivity contribution in [1.82, 2.24) is 10.2 Å². The van der Waals surface area contributed by atoms with E-state index in [0.29, 0.717) is 31.2 Å². The van der Waals surface area contributed by atoms with Crippen LogP contribution in [0.3, 0.4) is 0 Å². The van der Waals surface area contributed by atoms with E-state index in [2.05, 4.69) is 20.8 Å². The molecule has 0 spiro atoms. The Bertz CT molecular complexity index is 879. The number of benzene rings is 1. The van der Waals surface area contributed by atoms with Crippen LogP contribution in [0.2, 0.25) is 0 Å². The zero-order chi connectivity index (χ0) is 19.3. The molecule has 1 unspecified atom stereocenters. The van der Waals surface area contributed by atoms with E-state index in [0.717, 1.165) is 18.4 Å². The van der Waals surface area contributed by atoms with Gasteiger partial charge in [-0.25, -0.2) is 13.6 Å². The molecule has 3 rings (SSSR count). The van der Waals surface area contributed by atoms with Crippen molar-refractivity contribution in [2.24, 2.45) is 5.14 Å². The molecule has 0 aliphatic carbocycles. The number of ether oxygens (including phenoxy) is 1. The largest absolute Gasteiger partial charge is 0.368 e. The van der Waals surface area contributed by atoms with Crippen LogP contribution in [0.4, 0.5) is 11.6 Å². The van der Waals surface area contributed by atoms with Gasteiger partial charge in [-0.1, -0.05) is 12.1 Å². The molecule has 1 amide bonds. The van der Waals surface area contributed by atoms with E-state index in [1.165, 1.54) is 12.1 Å². The number of rotatable bonds is 7. The quantitative estimate of drug-likeness (QED) is 0.638. The minimum absolute atomic E-state index is 0.0886. The number of aromatic nitrogens is 2. The second kappa shape index (κ2) is 8.42. The van der Waals surface area contributed by atoms with Crippen LogP contribution in [0, 0.1) is 0 Å². The van der Waals surface area contributed by atoms with Gasteiger partial charge >= 0.3 is 0 Å². The van der Waals surface area contributed by atoms with Crippen molar-refractivity contribution in [2.45, 2.75) is 30.3 Å². The molecule has 1 aliphatic rings. The van der Waals surface area contributed by atoms with Crippen molar-refractivity contribution in [1.29, 1.82) is 0 Å². The molecule has 2 heterocycles. The van der Waals surface area contributed by atoms with Crippen LogP contribution in [0.25, 0.3) is 0 Å². The van der Waals surface area contributed by atoms with E-state index in [4.69, 9.17) is 9.88 Å². The molecular formula is C17H21N5O4S. The molecule has 2 aromatic rings. The summed E-state index contributed by atoms with van der Waals surface area (Å²) in [6.45, 7) is 1.20. The fraction of sp³-hybridized carbons (Fsp3) is 0.353. The number of amides is 1. The second-order valence-electron chi connectivity index (χ2n) is 6.16. The third-order valence-electron chi connectivity index (χ3n) is 4.11. The average Bonchev–Trinajstić information content (AvgIpc) is 3.18. The molecule has 1 saturated heterocycles. The highest BCUT2D eigenvalue weighted by Crippen LogP contribution is 2.14. The minimum Gasteiger partial charge on any atom is -0.368 e. The van der Waals surface area contributed by atoms with E-state index in [9.17, 15) is 13.2 Å². The Labute approximate surface area is 157 Å². The molecule has 1 aromatic carbocycles. The lowest BCUT2D eigenvalue weighted by Gasteiger charge is -2.10. The summed E-state index contributed by atoms with van der Waals surface area (Å²) in [5.41, 5.74) is 0.961. The van der Waals surface area contributed by atoms with Crippen LogP contribution in [0.1, 0.15) is 18.4 Å². The molecular weight excluding hydrogens is 370 g/mol. The normalized spacial score (nSPS) is 16.9. The van der Waals surface area contributed by atoms with Crippen LogP contribution in [-0.2, 0) is 26.0 Å². The smallest absolute Gasteiger partial charge is 0.254 e. The Morgan fingerprint density at radius 1 is 1.15 bits per heavy atom. The number of hydrogen-bond donors (Lipinski definition) is 3. The fourth-order valence-corrected chi connectivity index (χ4v) is 3.18. The van der Waals surface area contributed by atoms with Gasteiger partial charge in [-0.3, -0.25) is 4.79 Å². The Morgan fingerprint density at radius 3 is 2.44 bits per heavy atom. The van der Waals surface area contributed by atoms with Gasteiger partial charge in [-0.05, 0) is 49.1 Å². The van der Waals surface area contributed by atoms with Crippen LogP contribution in [0.15, 0.2) is 41.3 Å². The standard InChI is InChI=1S/C17H21N5O4S/c18-27(24,25)13-5-3-12(4-6-13)9-10-19-15-7-8-16(22-21-15)20-17(23)14-2-1-11-26-14/h3-8,14H,1-2,9-11H2,(H,19,21)(H2,18,24,25)(H,20,22,23). The van der Waals surface area contributed by atoms with Crippen LogP contribution >= 0.6 is 0 Å². The molecule has 0 bridgehead atoms. The highest BCUT2D eigenvalue weighted by Gasteiger charge is 2.23. The maximum Gasteiger partial charge on any atom is 0.254 e. The van der Waals surface area contributed by atoms with Crippen molar-refractivity contribution in [3.05, 3.63) is 42.0 Å². The third-order valence-corrected chi connectivity index (χ3v) is 5.04. The maximum atomic E-state index is 11.9. The monoisotopic (exact) mass is 391 g/mol. The number of carbonyl (C=O) groups excluding carboxylic acids is 1. The number of sulfonamides is 1. The molecule has 0 saturated carbocycles. The predicted molar refractivity (Wildman–Crippen MR) is 99.6 cm³/mol. The molecule has 1 aliphatic heterocycles. The van der Waals surface area contributed by atoms with E-state index >= 15 is 0 Å². The van der Waals surface area contributed by atoms with Crippen molar-refractivity contribution in [2.75, 3.05) is 23.8 Å². The van der Waals surface area contributed by atoms with Gasteiger partial charge in [0, 0.05) is 13.2 Å². The number of anilines is 2. The van der Waals surface area contributed by atoms with E-state index in [1.54, 1.807) is 24.3 Å². The summed E-state index contributed by atoms with van der Waals surface area (Å²) >= 11 is 0. The van der Waals surface area contributed by atoms with Crippen molar-refractivity contribution < 1.29 is 17.9 Å². The van der Waals surface area contributed by atoms with Gasteiger partial charge < -0.3 is 15.4 Å². The highest BCUT2D eigenvalue weighted by atomic mass is 32.2. The van der Waals surface area contributed by atoms with Crippen molar-refractivity contribution in [3.8, 4) is 0 Å². The van der Waals surface area contributed by atoms with Gasteiger partial charge in [0.2, 0.25) is 10.0 Å². The molecule has 1 atom stereocenters. The number of carbonyl (C=O) groups is 1. The third kappa shape index (κ3) is 5.46. The zero-order valence-corrected chi connectivity index (χ0v) is 15.4. The Hall–Kier alpha value is -2.56. The lowest BCUT2D eigenvalue weighted by Crippen LogP contribution is -2.27. The van der Waals surface area contributed by atoms with E-state index < -0.39 is 16.1 Å². The first-order valence-electron chi connectivity index (χ1n) is 8.53. The molecule has 4 N–H and O–H groups in total. The van der Waals surface area contributed by atoms with Gasteiger partial charge in [0.05, 0.1) is 4.90 Å². The molecule has 0 radical (unpaired) electrons. The van der Waals surface area contributed by atoms with Gasteiger partial charge in [-0.2, -0.15) is 0 Å². The van der Waals surface area contributed by atoms with E-state index in [1.807, 2.05) is 0 Å². The molecule has 1 fully saturated rings. The van der Waals surface area contributed by atoms with Gasteiger partial charge in [0.15, 0.2) is 5.82 Å². The molecule has 144 valence electrons. The first-order valence-corrected chi connectivity index (χ1v) is 10.1. The van der Waals surface area contributed by atoms with Crippen LogP contribution < -0.4 is 15.8 Å². The number of nitrogens with two attached hydrogens (primary N) is 1. The first kappa shape index (κ1) is 19.2.